The number of aliphatic hydroxyl groups excluding tert-OH is 4. The zero-order chi connectivity index (χ0) is 22.1. The lowest BCUT2D eigenvalue weighted by molar-refractivity contribution is -0.127. The van der Waals surface area contributed by atoms with E-state index < -0.39 is 36.8 Å². The molecule has 2 aliphatic carbocycles. The molecule has 0 heterocycles. The maximum Gasteiger partial charge on any atom is 0.387 e. The molecule has 5 atom stereocenters. The Balaban J connectivity index is 1.60. The first-order chi connectivity index (χ1) is 14.9. The second kappa shape index (κ2) is 9.20. The average molecular weight is 434 g/mol. The van der Waals surface area contributed by atoms with E-state index in [1.807, 2.05) is 12.1 Å². The van der Waals surface area contributed by atoms with Gasteiger partial charge >= 0.3 is 6.61 Å². The van der Waals surface area contributed by atoms with Gasteiger partial charge in [-0.15, -0.1) is 0 Å². The number of ether oxygens (including phenoxy) is 1. The summed E-state index contributed by atoms with van der Waals surface area (Å²) >= 11 is 0. The second-order valence-corrected chi connectivity index (χ2v) is 8.69. The van der Waals surface area contributed by atoms with Crippen LogP contribution in [0.15, 0.2) is 42.5 Å². The number of hydrogen-bond donors (Lipinski definition) is 4. The maximum atomic E-state index is 12.4. The minimum atomic E-state index is -2.86. The van der Waals surface area contributed by atoms with Gasteiger partial charge in [0.05, 0.1) is 12.2 Å². The van der Waals surface area contributed by atoms with E-state index in [2.05, 4.69) is 10.8 Å². The number of benzene rings is 2. The molecule has 0 spiro atoms. The molecular weight excluding hydrogens is 406 g/mol. The summed E-state index contributed by atoms with van der Waals surface area (Å²) in [6.07, 6.45) is -0.374. The molecule has 0 aromatic heterocycles. The van der Waals surface area contributed by atoms with E-state index in [0.717, 1.165) is 29.5 Å². The molecular formula is C24H28F2O5. The fourth-order valence-electron chi connectivity index (χ4n) is 4.65. The Labute approximate surface area is 179 Å². The number of hydrogen-bond acceptors (Lipinski definition) is 5. The molecule has 4 N–H and O–H groups in total. The number of aliphatic hydroxyl groups is 4. The van der Waals surface area contributed by atoms with Crippen LogP contribution in [0, 0.1) is 5.92 Å². The van der Waals surface area contributed by atoms with Crippen molar-refractivity contribution >= 4 is 0 Å². The van der Waals surface area contributed by atoms with E-state index in [0.29, 0.717) is 18.8 Å². The first kappa shape index (κ1) is 22.1. The Bertz CT molecular complexity index is 882. The Morgan fingerprint density at radius 3 is 2.26 bits per heavy atom. The van der Waals surface area contributed by atoms with Crippen molar-refractivity contribution in [2.24, 2.45) is 5.92 Å². The van der Waals surface area contributed by atoms with Crippen LogP contribution in [0.3, 0.4) is 0 Å². The SMILES string of the molecule is OC[C@H]1C[C@@H](c2ccc(C3CC3)c(Cc3ccc(OC(F)F)cc3)c2)[C@H](O)[C@@H](O)[C@@H]1O. The predicted octanol–water partition coefficient (Wildman–Crippen LogP) is 2.93. The largest absolute Gasteiger partial charge is 0.435 e. The first-order valence-corrected chi connectivity index (χ1v) is 10.7. The van der Waals surface area contributed by atoms with E-state index in [1.54, 1.807) is 12.1 Å². The highest BCUT2D eigenvalue weighted by atomic mass is 19.3. The molecule has 0 aliphatic heterocycles. The lowest BCUT2D eigenvalue weighted by atomic mass is 9.72. The topological polar surface area (TPSA) is 90.2 Å². The Kier molecular flexibility index (Phi) is 6.57. The summed E-state index contributed by atoms with van der Waals surface area (Å²) in [5, 5.41) is 40.5. The minimum Gasteiger partial charge on any atom is -0.435 e. The molecule has 2 aromatic rings. The third-order valence-corrected chi connectivity index (χ3v) is 6.54. The van der Waals surface area contributed by atoms with Crippen molar-refractivity contribution in [2.45, 2.75) is 62.4 Å². The smallest absolute Gasteiger partial charge is 0.387 e. The van der Waals surface area contributed by atoms with Crippen molar-refractivity contribution in [3.63, 3.8) is 0 Å². The number of alkyl halides is 2. The van der Waals surface area contributed by atoms with Gasteiger partial charge in [0, 0.05) is 18.4 Å². The van der Waals surface area contributed by atoms with Crippen molar-refractivity contribution in [1.29, 1.82) is 0 Å². The lowest BCUT2D eigenvalue weighted by Crippen LogP contribution is -2.51. The Morgan fingerprint density at radius 1 is 0.935 bits per heavy atom. The summed E-state index contributed by atoms with van der Waals surface area (Å²) in [5.74, 6) is -0.288. The summed E-state index contributed by atoms with van der Waals surface area (Å²) in [7, 11) is 0. The van der Waals surface area contributed by atoms with Gasteiger partial charge in [-0.3, -0.25) is 0 Å². The number of rotatable bonds is 7. The molecule has 2 saturated carbocycles. The molecule has 0 radical (unpaired) electrons. The summed E-state index contributed by atoms with van der Waals surface area (Å²) in [6, 6.07) is 12.6. The van der Waals surface area contributed by atoms with Crippen molar-refractivity contribution in [1.82, 2.24) is 0 Å². The first-order valence-electron chi connectivity index (χ1n) is 10.7. The van der Waals surface area contributed by atoms with Crippen molar-refractivity contribution in [3.8, 4) is 5.75 Å². The zero-order valence-electron chi connectivity index (χ0n) is 17.1. The zero-order valence-corrected chi connectivity index (χ0v) is 17.1. The maximum absolute atomic E-state index is 12.4. The molecule has 31 heavy (non-hydrogen) atoms. The molecule has 0 amide bonds. The average Bonchev–Trinajstić information content (AvgIpc) is 3.59. The molecule has 5 nitrogen and oxygen atoms in total. The van der Waals surface area contributed by atoms with Crippen LogP contribution < -0.4 is 4.74 Å². The highest BCUT2D eigenvalue weighted by Gasteiger charge is 2.43. The van der Waals surface area contributed by atoms with Gasteiger partial charge in [-0.25, -0.2) is 0 Å². The van der Waals surface area contributed by atoms with Crippen LogP contribution in [-0.4, -0.2) is 52.0 Å². The van der Waals surface area contributed by atoms with Gasteiger partial charge < -0.3 is 25.2 Å². The summed E-state index contributed by atoms with van der Waals surface area (Å²) in [4.78, 5) is 0. The predicted molar refractivity (Wildman–Crippen MR) is 110 cm³/mol. The quantitative estimate of drug-likeness (QED) is 0.538. The normalized spacial score (nSPS) is 28.7. The highest BCUT2D eigenvalue weighted by molar-refractivity contribution is 5.42. The van der Waals surface area contributed by atoms with E-state index in [4.69, 9.17) is 0 Å². The standard InChI is InChI=1S/C24H28F2O5/c25-24(26)31-18-6-1-13(2-7-18)9-16-10-15(5-8-19(16)14-3-4-14)20-11-17(12-27)21(28)23(30)22(20)29/h1-2,5-8,10,14,17,20-24,27-30H,3-4,9,11-12H2/t17-,20+,21-,22+,23+/m1/s1. The van der Waals surface area contributed by atoms with E-state index in [-0.39, 0.29) is 12.4 Å². The van der Waals surface area contributed by atoms with Crippen LogP contribution in [0.5, 0.6) is 5.75 Å². The third kappa shape index (κ3) is 4.90. The summed E-state index contributed by atoms with van der Waals surface area (Å²) in [5.41, 5.74) is 4.14. The summed E-state index contributed by atoms with van der Waals surface area (Å²) in [6.45, 7) is -3.12. The monoisotopic (exact) mass is 434 g/mol. The molecule has 0 bridgehead atoms. The third-order valence-electron chi connectivity index (χ3n) is 6.54. The van der Waals surface area contributed by atoms with Crippen molar-refractivity contribution in [2.75, 3.05) is 6.61 Å². The molecule has 7 heteroatoms. The Morgan fingerprint density at radius 2 is 1.65 bits per heavy atom. The van der Waals surface area contributed by atoms with Crippen LogP contribution >= 0.6 is 0 Å². The van der Waals surface area contributed by atoms with Crippen molar-refractivity contribution in [3.05, 3.63) is 64.7 Å². The Hall–Kier alpha value is -2.06. The van der Waals surface area contributed by atoms with Crippen LogP contribution in [0.2, 0.25) is 0 Å². The van der Waals surface area contributed by atoms with E-state index in [1.165, 1.54) is 17.7 Å². The van der Waals surface area contributed by atoms with Gasteiger partial charge in [0.1, 0.15) is 11.9 Å². The van der Waals surface area contributed by atoms with Gasteiger partial charge in [-0.1, -0.05) is 30.3 Å². The van der Waals surface area contributed by atoms with Gasteiger partial charge in [0.15, 0.2) is 0 Å². The van der Waals surface area contributed by atoms with E-state index in [9.17, 15) is 29.2 Å². The fourth-order valence-corrected chi connectivity index (χ4v) is 4.65. The van der Waals surface area contributed by atoms with Crippen LogP contribution in [0.25, 0.3) is 0 Å². The fraction of sp³-hybridized carbons (Fsp3) is 0.500. The molecule has 0 saturated heterocycles. The molecule has 4 rings (SSSR count). The minimum absolute atomic E-state index is 0.114. The van der Waals surface area contributed by atoms with Crippen LogP contribution in [0.1, 0.15) is 53.4 Å². The highest BCUT2D eigenvalue weighted by Crippen LogP contribution is 2.44. The lowest BCUT2D eigenvalue weighted by Gasteiger charge is -2.40. The second-order valence-electron chi connectivity index (χ2n) is 8.69. The van der Waals surface area contributed by atoms with Gasteiger partial charge in [0.25, 0.3) is 0 Å². The van der Waals surface area contributed by atoms with Crippen molar-refractivity contribution < 1.29 is 33.9 Å². The van der Waals surface area contributed by atoms with Gasteiger partial charge in [-0.05, 0) is 66.0 Å². The molecule has 2 aliphatic rings. The van der Waals surface area contributed by atoms with Gasteiger partial charge in [-0.2, -0.15) is 8.78 Å². The number of halogens is 2. The molecule has 0 unspecified atom stereocenters. The molecule has 168 valence electrons. The summed E-state index contributed by atoms with van der Waals surface area (Å²) < 4.78 is 29.2. The molecule has 2 aromatic carbocycles. The van der Waals surface area contributed by atoms with Crippen LogP contribution in [0.4, 0.5) is 8.78 Å². The van der Waals surface area contributed by atoms with Crippen LogP contribution in [-0.2, 0) is 6.42 Å². The van der Waals surface area contributed by atoms with E-state index >= 15 is 0 Å². The molecule has 2 fully saturated rings. The van der Waals surface area contributed by atoms with Gasteiger partial charge in [0.2, 0.25) is 0 Å².